The molecule has 22 rings (SSSR count). The minimum absolute atomic E-state index is 1.32. The molecule has 0 saturated heterocycles. The van der Waals surface area contributed by atoms with Crippen LogP contribution in [0.25, 0.3) is 151 Å². The van der Waals surface area contributed by atoms with Crippen molar-refractivity contribution in [3.8, 4) is 0 Å². The Morgan fingerprint density at radius 2 is 0.398 bits per heavy atom. The molecule has 0 N–H and O–H groups in total. The van der Waals surface area contributed by atoms with Gasteiger partial charge in [0.25, 0.3) is 0 Å². The first-order valence-corrected chi connectivity index (χ1v) is 41.5. The number of fused-ring (bicyclic) bond motifs is 17. The van der Waals surface area contributed by atoms with Gasteiger partial charge in [-0.2, -0.15) is 0 Å². The van der Waals surface area contributed by atoms with Crippen molar-refractivity contribution in [3.63, 3.8) is 0 Å². The standard InChI is InChI=1S/5C16H14.C15H12.C12H12.C11H10/c1-11-3-5-13-10-16-8-12(2)4-6-14(16)9-15(13)7-11;1-11-5-3-7-13-10-16-12(2)6-4-8-14(16)9-15(11)13;1-11-6-5-9-15-12(2)14-8-4-3-7-13(14)10-16(11)15;1-11-6-5-9-14-12(2)10-13-7-3-4-8-15(13)16(11)14;1-11-7-8-13-10-12(2)14-5-3-4-6-15(14)16(13)9-11;1-11-5-4-8-15-13(11)10-9-12-6-2-3-7-14(12)15;1-9-3-5-12-8-10(2)4-6-11(12)7-9;1-9-5-4-7-10-6-2-3-8-11(9)10/h5*3-10H,1-2H3;2-10H,1H3;3-8H,1-2H3;2-8H,1H3. The Kier molecular flexibility index (Phi) is 24.1. The van der Waals surface area contributed by atoms with Crippen LogP contribution in [0.4, 0.5) is 0 Å². The Labute approximate surface area is 697 Å². The number of benzene rings is 22. The highest BCUT2D eigenvalue weighted by molar-refractivity contribution is 6.12. The minimum atomic E-state index is 1.32. The third kappa shape index (κ3) is 17.8. The molecule has 0 aliphatic heterocycles. The van der Waals surface area contributed by atoms with E-state index in [0.29, 0.717) is 0 Å². The molecule has 0 amide bonds. The maximum atomic E-state index is 2.30. The van der Waals surface area contributed by atoms with Crippen molar-refractivity contribution >= 4 is 151 Å². The summed E-state index contributed by atoms with van der Waals surface area (Å²) in [6.45, 7) is 30.3. The first-order valence-electron chi connectivity index (χ1n) is 41.5. The molecule has 0 unspecified atom stereocenters. The summed E-state index contributed by atoms with van der Waals surface area (Å²) in [5.74, 6) is 0. The van der Waals surface area contributed by atoms with E-state index in [-0.39, 0.29) is 0 Å². The highest BCUT2D eigenvalue weighted by Crippen LogP contribution is 2.35. The van der Waals surface area contributed by atoms with Crippen molar-refractivity contribution in [2.24, 2.45) is 0 Å². The molecule has 0 heterocycles. The van der Waals surface area contributed by atoms with Crippen LogP contribution < -0.4 is 0 Å². The molecule has 0 aromatic heterocycles. The van der Waals surface area contributed by atoms with Crippen molar-refractivity contribution in [3.05, 3.63) is 454 Å². The first-order chi connectivity index (χ1) is 57.3. The van der Waals surface area contributed by atoms with E-state index in [1.807, 2.05) is 0 Å². The second kappa shape index (κ2) is 35.7. The largest absolute Gasteiger partial charge is 0.0616 e. The van der Waals surface area contributed by atoms with Crippen LogP contribution in [0.1, 0.15) is 77.9 Å². The van der Waals surface area contributed by atoms with E-state index in [4.69, 9.17) is 0 Å². The molecule has 0 heteroatoms. The lowest BCUT2D eigenvalue weighted by Gasteiger charge is -2.09. The molecular weight excluding hydrogens is 1420 g/mol. The van der Waals surface area contributed by atoms with E-state index in [1.165, 1.54) is 229 Å². The van der Waals surface area contributed by atoms with Crippen LogP contribution in [0, 0.1) is 96.9 Å². The second-order valence-corrected chi connectivity index (χ2v) is 32.4. The van der Waals surface area contributed by atoms with Gasteiger partial charge in [-0.05, 0) is 328 Å². The lowest BCUT2D eigenvalue weighted by atomic mass is 9.95. The van der Waals surface area contributed by atoms with E-state index in [2.05, 4.69) is 473 Å². The highest BCUT2D eigenvalue weighted by Gasteiger charge is 2.10. The molecule has 0 aliphatic carbocycles. The van der Waals surface area contributed by atoms with Gasteiger partial charge in [-0.15, -0.1) is 0 Å². The zero-order chi connectivity index (χ0) is 82.1. The number of rotatable bonds is 0. The number of hydrogen-bond donors (Lipinski definition) is 0. The summed E-state index contributed by atoms with van der Waals surface area (Å²) in [4.78, 5) is 0. The zero-order valence-corrected chi connectivity index (χ0v) is 70.8. The first kappa shape index (κ1) is 79.7. The van der Waals surface area contributed by atoms with Crippen LogP contribution in [0.3, 0.4) is 0 Å². The van der Waals surface area contributed by atoms with Crippen LogP contribution in [0.2, 0.25) is 0 Å². The summed E-state index contributed by atoms with van der Waals surface area (Å²) in [5, 5.41) is 37.8. The van der Waals surface area contributed by atoms with Crippen LogP contribution in [0.15, 0.2) is 376 Å². The molecule has 0 radical (unpaired) electrons. The molecule has 0 bridgehead atoms. The molecule has 118 heavy (non-hydrogen) atoms. The van der Waals surface area contributed by atoms with Crippen molar-refractivity contribution < 1.29 is 0 Å². The van der Waals surface area contributed by atoms with Gasteiger partial charge < -0.3 is 0 Å². The van der Waals surface area contributed by atoms with E-state index in [1.54, 1.807) is 0 Å². The Bertz CT molecular complexity index is 7250. The average molecular weight is 1520 g/mol. The second-order valence-electron chi connectivity index (χ2n) is 32.4. The topological polar surface area (TPSA) is 0 Å². The average Bonchev–Trinajstić information content (AvgIpc) is 0.780. The van der Waals surface area contributed by atoms with Crippen molar-refractivity contribution in [1.29, 1.82) is 0 Å². The van der Waals surface area contributed by atoms with Gasteiger partial charge in [-0.25, -0.2) is 0 Å². The monoisotopic (exact) mass is 1520 g/mol. The smallest absolute Gasteiger partial charge is 0.00735 e. The Hall–Kier alpha value is -13.5. The fourth-order valence-electron chi connectivity index (χ4n) is 17.1. The number of hydrogen-bond acceptors (Lipinski definition) is 0. The molecule has 0 nitrogen and oxygen atoms in total. The van der Waals surface area contributed by atoms with Crippen molar-refractivity contribution in [1.82, 2.24) is 0 Å². The third-order valence-corrected chi connectivity index (χ3v) is 23.5. The summed E-state index contributed by atoms with van der Waals surface area (Å²) in [6, 6.07) is 135. The SMILES string of the molecule is Cc1cc2ccccc2c2c(C)cccc12.Cc1ccc2cc(C)c3ccccc3c2c1.Cc1ccc2cc(C)ccc2c1.Cc1ccc2cc3cc(C)ccc3cc2c1.Cc1cccc2c(C)c3ccccc3cc12.Cc1cccc2c1ccc1ccccc12.Cc1cccc2cc3c(C)cccc3cc12.Cc1cccc2ccccc12. The van der Waals surface area contributed by atoms with Crippen LogP contribution in [-0.2, 0) is 0 Å². The molecule has 576 valence electrons. The van der Waals surface area contributed by atoms with E-state index in [0.717, 1.165) is 0 Å². The maximum absolute atomic E-state index is 2.30. The summed E-state index contributed by atoms with van der Waals surface area (Å²) < 4.78 is 0. The normalized spacial score (nSPS) is 11.0. The quantitative estimate of drug-likeness (QED) is 0.105. The zero-order valence-electron chi connectivity index (χ0n) is 70.8. The minimum Gasteiger partial charge on any atom is -0.0616 e. The van der Waals surface area contributed by atoms with Gasteiger partial charge in [-0.3, -0.25) is 0 Å². The van der Waals surface area contributed by atoms with Gasteiger partial charge in [0, 0.05) is 0 Å². The Balaban J connectivity index is 0.000000106. The summed E-state index contributed by atoms with van der Waals surface area (Å²) >= 11 is 0. The van der Waals surface area contributed by atoms with Crippen LogP contribution in [-0.4, -0.2) is 0 Å². The molecule has 0 fully saturated rings. The Morgan fingerprint density at radius 1 is 0.110 bits per heavy atom. The van der Waals surface area contributed by atoms with Crippen molar-refractivity contribution in [2.45, 2.75) is 96.9 Å². The number of aryl methyl sites for hydroxylation is 14. The molecule has 0 aliphatic rings. The maximum Gasteiger partial charge on any atom is -0.00735 e. The summed E-state index contributed by atoms with van der Waals surface area (Å²) in [6.07, 6.45) is 0. The van der Waals surface area contributed by atoms with E-state index in [9.17, 15) is 0 Å². The van der Waals surface area contributed by atoms with Gasteiger partial charge in [0.15, 0.2) is 0 Å². The molecular formula is C118H104. The van der Waals surface area contributed by atoms with Gasteiger partial charge in [0.2, 0.25) is 0 Å². The summed E-state index contributed by atoms with van der Waals surface area (Å²) in [5.41, 5.74) is 18.8. The van der Waals surface area contributed by atoms with Crippen LogP contribution in [0.5, 0.6) is 0 Å². The predicted molar refractivity (Wildman–Crippen MR) is 523 cm³/mol. The van der Waals surface area contributed by atoms with Gasteiger partial charge in [0.1, 0.15) is 0 Å². The lowest BCUT2D eigenvalue weighted by Crippen LogP contribution is -1.84. The molecule has 0 spiro atoms. The molecule has 22 aromatic rings. The van der Waals surface area contributed by atoms with Crippen LogP contribution >= 0.6 is 0 Å². The van der Waals surface area contributed by atoms with Crippen molar-refractivity contribution in [2.75, 3.05) is 0 Å². The Morgan fingerprint density at radius 3 is 0.932 bits per heavy atom. The lowest BCUT2D eigenvalue weighted by molar-refractivity contribution is 1.47. The van der Waals surface area contributed by atoms with Gasteiger partial charge in [-0.1, -0.05) is 374 Å². The fraction of sp³-hybridized carbons (Fsp3) is 0.119. The third-order valence-electron chi connectivity index (χ3n) is 23.5. The van der Waals surface area contributed by atoms with Gasteiger partial charge >= 0.3 is 0 Å². The van der Waals surface area contributed by atoms with Gasteiger partial charge in [0.05, 0.1) is 0 Å². The predicted octanol–water partition coefficient (Wildman–Crippen LogP) is 34.0. The summed E-state index contributed by atoms with van der Waals surface area (Å²) in [7, 11) is 0. The molecule has 0 atom stereocenters. The van der Waals surface area contributed by atoms with E-state index >= 15 is 0 Å². The molecule has 22 aromatic carbocycles. The fourth-order valence-corrected chi connectivity index (χ4v) is 17.1. The highest BCUT2D eigenvalue weighted by atomic mass is 14.1. The van der Waals surface area contributed by atoms with E-state index < -0.39 is 0 Å². The molecule has 0 saturated carbocycles.